The molecular formula is C24H43O4-. The van der Waals surface area contributed by atoms with Crippen LogP contribution in [0.4, 0.5) is 0 Å². The summed E-state index contributed by atoms with van der Waals surface area (Å²) in [5, 5.41) is 10.3. The number of aliphatic carboxylic acids is 1. The second kappa shape index (κ2) is 22.0. The number of ether oxygens (including phenoxy) is 1. The Morgan fingerprint density at radius 3 is 1.75 bits per heavy atom. The zero-order valence-corrected chi connectivity index (χ0v) is 18.2. The fraction of sp³-hybridized carbons (Fsp3) is 0.833. The van der Waals surface area contributed by atoms with Crippen LogP contribution in [0.3, 0.4) is 0 Å². The number of unbranched alkanes of at least 4 members (excludes halogenated alkanes) is 13. The minimum absolute atomic E-state index is 0.0161. The quantitative estimate of drug-likeness (QED) is 0.138. The van der Waals surface area contributed by atoms with Crippen LogP contribution in [0.2, 0.25) is 0 Å². The molecule has 0 saturated carbocycles. The number of carboxylic acid groups (broad SMARTS) is 1. The van der Waals surface area contributed by atoms with Crippen LogP contribution in [0, 0.1) is 0 Å². The van der Waals surface area contributed by atoms with Crippen LogP contribution < -0.4 is 5.11 Å². The number of carboxylic acids is 1. The third kappa shape index (κ3) is 22.7. The van der Waals surface area contributed by atoms with Crippen LogP contribution in [-0.4, -0.2) is 18.5 Å². The van der Waals surface area contributed by atoms with E-state index in [0.717, 1.165) is 12.8 Å². The Morgan fingerprint density at radius 2 is 1.18 bits per heavy atom. The fourth-order valence-electron chi connectivity index (χ4n) is 3.15. The fourth-order valence-corrected chi connectivity index (χ4v) is 3.15. The van der Waals surface area contributed by atoms with E-state index in [-0.39, 0.29) is 12.4 Å². The molecular weight excluding hydrogens is 352 g/mol. The van der Waals surface area contributed by atoms with Gasteiger partial charge in [-0.3, -0.25) is 4.79 Å². The highest BCUT2D eigenvalue weighted by atomic mass is 16.5. The lowest BCUT2D eigenvalue weighted by Gasteiger charge is -2.05. The van der Waals surface area contributed by atoms with E-state index in [9.17, 15) is 14.7 Å². The van der Waals surface area contributed by atoms with Gasteiger partial charge in [0.2, 0.25) is 0 Å². The molecule has 0 atom stereocenters. The molecule has 0 aromatic rings. The highest BCUT2D eigenvalue weighted by molar-refractivity contribution is 5.69. The van der Waals surface area contributed by atoms with Crippen LogP contribution in [-0.2, 0) is 14.3 Å². The largest absolute Gasteiger partial charge is 0.550 e. The maximum Gasteiger partial charge on any atom is 0.305 e. The number of esters is 1. The lowest BCUT2D eigenvalue weighted by atomic mass is 10.1. The highest BCUT2D eigenvalue weighted by Crippen LogP contribution is 2.10. The third-order valence-corrected chi connectivity index (χ3v) is 4.93. The summed E-state index contributed by atoms with van der Waals surface area (Å²) in [5.41, 5.74) is 0. The molecule has 0 aromatic carbocycles. The molecule has 0 aliphatic heterocycles. The lowest BCUT2D eigenvalue weighted by molar-refractivity contribution is -0.305. The molecule has 0 spiro atoms. The predicted octanol–water partition coefficient (Wildman–Crippen LogP) is 5.88. The minimum atomic E-state index is -1.06. The van der Waals surface area contributed by atoms with E-state index in [1.165, 1.54) is 77.0 Å². The van der Waals surface area contributed by atoms with Crippen LogP contribution in [0.5, 0.6) is 0 Å². The number of allylic oxidation sites excluding steroid dienone is 2. The van der Waals surface area contributed by atoms with Crippen molar-refractivity contribution in [3.05, 3.63) is 12.2 Å². The molecule has 0 bridgehead atoms. The topological polar surface area (TPSA) is 66.4 Å². The van der Waals surface area contributed by atoms with Crippen molar-refractivity contribution in [1.82, 2.24) is 0 Å². The van der Waals surface area contributed by atoms with Crippen LogP contribution in [0.1, 0.15) is 122 Å². The van der Waals surface area contributed by atoms with Gasteiger partial charge in [-0.05, 0) is 51.4 Å². The van der Waals surface area contributed by atoms with Gasteiger partial charge in [0, 0.05) is 12.4 Å². The highest BCUT2D eigenvalue weighted by Gasteiger charge is 2.02. The first-order valence-electron chi connectivity index (χ1n) is 11.7. The van der Waals surface area contributed by atoms with Gasteiger partial charge in [-0.1, -0.05) is 76.9 Å². The number of hydrogen-bond donors (Lipinski definition) is 0. The van der Waals surface area contributed by atoms with Gasteiger partial charge in [-0.25, -0.2) is 0 Å². The smallest absolute Gasteiger partial charge is 0.305 e. The zero-order valence-electron chi connectivity index (χ0n) is 18.2. The van der Waals surface area contributed by atoms with E-state index >= 15 is 0 Å². The summed E-state index contributed by atoms with van der Waals surface area (Å²) in [6, 6.07) is 0. The van der Waals surface area contributed by atoms with E-state index < -0.39 is 5.97 Å². The van der Waals surface area contributed by atoms with Crippen molar-refractivity contribution >= 4 is 11.9 Å². The van der Waals surface area contributed by atoms with Crippen LogP contribution in [0.15, 0.2) is 12.2 Å². The van der Waals surface area contributed by atoms with Crippen molar-refractivity contribution in [3.8, 4) is 0 Å². The van der Waals surface area contributed by atoms with Gasteiger partial charge in [-0.15, -0.1) is 0 Å². The number of carbonyl (C=O) groups excluding carboxylic acids is 2. The van der Waals surface area contributed by atoms with Crippen molar-refractivity contribution in [1.29, 1.82) is 0 Å². The number of rotatable bonds is 21. The first kappa shape index (κ1) is 26.7. The molecule has 0 amide bonds. The van der Waals surface area contributed by atoms with E-state index in [1.54, 1.807) is 0 Å². The van der Waals surface area contributed by atoms with Crippen LogP contribution in [0.25, 0.3) is 0 Å². The Bertz CT molecular complexity index is 390. The molecule has 0 aromatic heterocycles. The molecule has 164 valence electrons. The summed E-state index contributed by atoms with van der Waals surface area (Å²) in [5.74, 6) is -1.27. The minimum Gasteiger partial charge on any atom is -0.550 e. The molecule has 0 radical (unpaired) electrons. The normalized spacial score (nSPS) is 11.2. The molecule has 0 aliphatic rings. The number of hydrogen-bond acceptors (Lipinski definition) is 4. The maximum absolute atomic E-state index is 11.5. The summed E-state index contributed by atoms with van der Waals surface area (Å²) in [6.07, 6.45) is 23.7. The second-order valence-corrected chi connectivity index (χ2v) is 7.74. The van der Waals surface area contributed by atoms with Crippen molar-refractivity contribution in [2.75, 3.05) is 6.61 Å². The van der Waals surface area contributed by atoms with Gasteiger partial charge in [-0.2, -0.15) is 0 Å². The Labute approximate surface area is 173 Å². The summed E-state index contributed by atoms with van der Waals surface area (Å²) >= 11 is 0. The van der Waals surface area contributed by atoms with Crippen molar-refractivity contribution in [2.24, 2.45) is 0 Å². The Morgan fingerprint density at radius 1 is 0.679 bits per heavy atom. The zero-order chi connectivity index (χ0) is 20.7. The second-order valence-electron chi connectivity index (χ2n) is 7.74. The molecule has 0 unspecified atom stereocenters. The number of carbonyl (C=O) groups is 2. The van der Waals surface area contributed by atoms with Crippen molar-refractivity contribution in [2.45, 2.75) is 122 Å². The third-order valence-electron chi connectivity index (χ3n) is 4.93. The summed E-state index contributed by atoms with van der Waals surface area (Å²) in [6.45, 7) is 2.75. The maximum atomic E-state index is 11.5. The first-order chi connectivity index (χ1) is 13.7. The molecule has 0 fully saturated rings. The monoisotopic (exact) mass is 395 g/mol. The van der Waals surface area contributed by atoms with E-state index in [1.807, 2.05) is 0 Å². The van der Waals surface area contributed by atoms with Gasteiger partial charge in [0.15, 0.2) is 0 Å². The molecule has 4 nitrogen and oxygen atoms in total. The van der Waals surface area contributed by atoms with Gasteiger partial charge < -0.3 is 14.6 Å². The molecule has 28 heavy (non-hydrogen) atoms. The molecule has 0 aliphatic carbocycles. The molecule has 0 heterocycles. The summed E-state index contributed by atoms with van der Waals surface area (Å²) in [4.78, 5) is 21.7. The Balaban J connectivity index is 3.19. The Kier molecular flexibility index (Phi) is 20.9. The Hall–Kier alpha value is -1.32. The predicted molar refractivity (Wildman–Crippen MR) is 114 cm³/mol. The lowest BCUT2D eigenvalue weighted by Crippen LogP contribution is -2.21. The van der Waals surface area contributed by atoms with Gasteiger partial charge in [0.25, 0.3) is 0 Å². The molecule has 4 heteroatoms. The molecule has 0 saturated heterocycles. The molecule has 0 N–H and O–H groups in total. The average molecular weight is 396 g/mol. The van der Waals surface area contributed by atoms with Gasteiger partial charge >= 0.3 is 5.97 Å². The van der Waals surface area contributed by atoms with Gasteiger partial charge in [0.05, 0.1) is 6.61 Å². The standard InChI is InChI=1S/C24H44O4/c1-2-3-4-5-6-7-8-9-10-11-12-13-14-15-16-19-22-28-24(27)21-18-17-20-23(25)26/h9-10H,2-8,11-22H2,1H3,(H,25,26)/p-1/b10-9-. The van der Waals surface area contributed by atoms with Crippen molar-refractivity contribution < 1.29 is 19.4 Å². The first-order valence-corrected chi connectivity index (χ1v) is 11.7. The summed E-state index contributed by atoms with van der Waals surface area (Å²) in [7, 11) is 0. The van der Waals surface area contributed by atoms with E-state index in [2.05, 4.69) is 19.1 Å². The SMILES string of the molecule is CCCCCCCC/C=C\CCCCCCCCOC(=O)CCCCC(=O)[O-]. The van der Waals surface area contributed by atoms with E-state index in [4.69, 9.17) is 4.74 Å². The summed E-state index contributed by atoms with van der Waals surface area (Å²) < 4.78 is 5.16. The van der Waals surface area contributed by atoms with Crippen LogP contribution >= 0.6 is 0 Å². The van der Waals surface area contributed by atoms with E-state index in [0.29, 0.717) is 25.9 Å². The van der Waals surface area contributed by atoms with Gasteiger partial charge in [0.1, 0.15) is 0 Å². The van der Waals surface area contributed by atoms with Crippen molar-refractivity contribution in [3.63, 3.8) is 0 Å². The average Bonchev–Trinajstić information content (AvgIpc) is 2.67. The molecule has 0 rings (SSSR count).